The minimum Gasteiger partial charge on any atom is -0.382 e. The van der Waals surface area contributed by atoms with Crippen LogP contribution in [-0.2, 0) is 12.1 Å². The van der Waals surface area contributed by atoms with Gasteiger partial charge in [0.05, 0.1) is 12.5 Å². The molecule has 1 aromatic heterocycles. The highest BCUT2D eigenvalue weighted by molar-refractivity contribution is 5.25. The van der Waals surface area contributed by atoms with E-state index in [1.165, 1.54) is 6.33 Å². The molecule has 0 aliphatic heterocycles. The number of aliphatic hydroxyl groups is 1. The van der Waals surface area contributed by atoms with Gasteiger partial charge in [-0.25, -0.2) is 9.67 Å². The standard InChI is InChI=1S/C14H15N3O/c1-3-12(2)14(18,9-17-11-15-10-16-17)13-7-5-4-6-8-13/h1,4-8,10-12,18H,9H2,2H3/t12-,14+/m0/s1. The molecule has 1 heterocycles. The summed E-state index contributed by atoms with van der Waals surface area (Å²) in [5.74, 6) is 2.28. The Morgan fingerprint density at radius 3 is 2.72 bits per heavy atom. The lowest BCUT2D eigenvalue weighted by Crippen LogP contribution is -2.37. The first-order valence-electron chi connectivity index (χ1n) is 5.73. The molecule has 0 amide bonds. The largest absolute Gasteiger partial charge is 0.382 e. The molecule has 4 nitrogen and oxygen atoms in total. The fourth-order valence-corrected chi connectivity index (χ4v) is 1.90. The molecule has 0 saturated carbocycles. The van der Waals surface area contributed by atoms with Crippen LogP contribution in [0.1, 0.15) is 12.5 Å². The van der Waals surface area contributed by atoms with Crippen LogP contribution in [0.5, 0.6) is 0 Å². The molecule has 0 unspecified atom stereocenters. The third kappa shape index (κ3) is 2.27. The Morgan fingerprint density at radius 1 is 1.44 bits per heavy atom. The van der Waals surface area contributed by atoms with Crippen molar-refractivity contribution in [1.82, 2.24) is 14.8 Å². The van der Waals surface area contributed by atoms with E-state index in [0.717, 1.165) is 5.56 Å². The lowest BCUT2D eigenvalue weighted by molar-refractivity contribution is -0.0159. The molecule has 0 radical (unpaired) electrons. The molecule has 1 aromatic carbocycles. The Bertz CT molecular complexity index is 530. The Labute approximate surface area is 106 Å². The molecule has 0 spiro atoms. The average Bonchev–Trinajstić information content (AvgIpc) is 2.91. The minimum atomic E-state index is -1.15. The first-order valence-corrected chi connectivity index (χ1v) is 5.73. The highest BCUT2D eigenvalue weighted by atomic mass is 16.3. The first-order chi connectivity index (χ1) is 8.66. The zero-order valence-corrected chi connectivity index (χ0v) is 10.2. The van der Waals surface area contributed by atoms with Crippen molar-refractivity contribution in [2.24, 2.45) is 5.92 Å². The summed E-state index contributed by atoms with van der Waals surface area (Å²) in [7, 11) is 0. The fraction of sp³-hybridized carbons (Fsp3) is 0.286. The van der Waals surface area contributed by atoms with Crippen LogP contribution in [0.2, 0.25) is 0 Å². The number of terminal acetylenes is 1. The van der Waals surface area contributed by atoms with E-state index in [4.69, 9.17) is 6.42 Å². The molecule has 0 saturated heterocycles. The lowest BCUT2D eigenvalue weighted by Gasteiger charge is -2.31. The maximum atomic E-state index is 10.9. The highest BCUT2D eigenvalue weighted by Gasteiger charge is 2.35. The lowest BCUT2D eigenvalue weighted by atomic mass is 9.82. The molecule has 0 aliphatic carbocycles. The van der Waals surface area contributed by atoms with Crippen LogP contribution in [0.15, 0.2) is 43.0 Å². The maximum Gasteiger partial charge on any atom is 0.137 e. The molecule has 0 aliphatic rings. The van der Waals surface area contributed by atoms with Crippen molar-refractivity contribution >= 4 is 0 Å². The zero-order valence-electron chi connectivity index (χ0n) is 10.2. The van der Waals surface area contributed by atoms with Gasteiger partial charge in [0, 0.05) is 0 Å². The van der Waals surface area contributed by atoms with Crippen molar-refractivity contribution in [2.45, 2.75) is 19.1 Å². The van der Waals surface area contributed by atoms with E-state index in [9.17, 15) is 5.11 Å². The Balaban J connectivity index is 2.38. The van der Waals surface area contributed by atoms with Crippen LogP contribution in [0, 0.1) is 18.3 Å². The molecule has 2 atom stereocenters. The number of aromatic nitrogens is 3. The first kappa shape index (κ1) is 12.3. The molecule has 4 heteroatoms. The number of hydrogen-bond acceptors (Lipinski definition) is 3. The van der Waals surface area contributed by atoms with Gasteiger partial charge in [-0.2, -0.15) is 5.10 Å². The van der Waals surface area contributed by atoms with Crippen molar-refractivity contribution < 1.29 is 5.11 Å². The number of hydrogen-bond donors (Lipinski definition) is 1. The van der Waals surface area contributed by atoms with E-state index in [-0.39, 0.29) is 12.5 Å². The molecule has 18 heavy (non-hydrogen) atoms. The van der Waals surface area contributed by atoms with Crippen LogP contribution in [0.3, 0.4) is 0 Å². The van der Waals surface area contributed by atoms with E-state index in [1.54, 1.807) is 11.0 Å². The Hall–Kier alpha value is -2.12. The molecule has 0 bridgehead atoms. The summed E-state index contributed by atoms with van der Waals surface area (Å²) in [5.41, 5.74) is -0.366. The van der Waals surface area contributed by atoms with Gasteiger partial charge in [-0.15, -0.1) is 12.3 Å². The van der Waals surface area contributed by atoms with Crippen LogP contribution in [0.4, 0.5) is 0 Å². The third-order valence-corrected chi connectivity index (χ3v) is 3.11. The van der Waals surface area contributed by atoms with Crippen molar-refractivity contribution in [3.8, 4) is 12.3 Å². The molecule has 92 valence electrons. The fourth-order valence-electron chi connectivity index (χ4n) is 1.90. The Kier molecular flexibility index (Phi) is 3.45. The summed E-state index contributed by atoms with van der Waals surface area (Å²) in [5, 5.41) is 14.9. The smallest absolute Gasteiger partial charge is 0.137 e. The summed E-state index contributed by atoms with van der Waals surface area (Å²) in [6, 6.07) is 9.39. The van der Waals surface area contributed by atoms with E-state index in [0.29, 0.717) is 0 Å². The predicted octanol–water partition coefficient (Wildman–Crippen LogP) is 1.44. The van der Waals surface area contributed by atoms with Gasteiger partial charge < -0.3 is 5.11 Å². The van der Waals surface area contributed by atoms with Crippen LogP contribution in [-0.4, -0.2) is 19.9 Å². The second-order valence-electron chi connectivity index (χ2n) is 4.27. The van der Waals surface area contributed by atoms with E-state index < -0.39 is 5.60 Å². The normalized spacial score (nSPS) is 15.6. The van der Waals surface area contributed by atoms with Crippen LogP contribution < -0.4 is 0 Å². The van der Waals surface area contributed by atoms with Gasteiger partial charge in [0.25, 0.3) is 0 Å². The van der Waals surface area contributed by atoms with Gasteiger partial charge in [-0.1, -0.05) is 30.3 Å². The third-order valence-electron chi connectivity index (χ3n) is 3.11. The van der Waals surface area contributed by atoms with E-state index in [2.05, 4.69) is 16.0 Å². The zero-order chi connectivity index (χ0) is 13.0. The van der Waals surface area contributed by atoms with Gasteiger partial charge in [0.2, 0.25) is 0 Å². The molecule has 0 fully saturated rings. The summed E-state index contributed by atoms with van der Waals surface area (Å²) in [6.45, 7) is 2.10. The van der Waals surface area contributed by atoms with Crippen LogP contribution in [0.25, 0.3) is 0 Å². The van der Waals surface area contributed by atoms with Gasteiger partial charge in [-0.3, -0.25) is 0 Å². The number of rotatable bonds is 4. The van der Waals surface area contributed by atoms with Crippen molar-refractivity contribution in [3.63, 3.8) is 0 Å². The molecular weight excluding hydrogens is 226 g/mol. The topological polar surface area (TPSA) is 50.9 Å². The molecule has 2 aromatic rings. The van der Waals surface area contributed by atoms with Gasteiger partial charge >= 0.3 is 0 Å². The van der Waals surface area contributed by atoms with Crippen molar-refractivity contribution in [3.05, 3.63) is 48.5 Å². The number of benzene rings is 1. The van der Waals surface area contributed by atoms with E-state index in [1.807, 2.05) is 37.3 Å². The van der Waals surface area contributed by atoms with Crippen molar-refractivity contribution in [1.29, 1.82) is 0 Å². The number of nitrogens with zero attached hydrogens (tertiary/aromatic N) is 3. The quantitative estimate of drug-likeness (QED) is 0.824. The molecule has 2 rings (SSSR count). The Morgan fingerprint density at radius 2 is 2.17 bits per heavy atom. The van der Waals surface area contributed by atoms with E-state index >= 15 is 0 Å². The minimum absolute atomic E-state index is 0.280. The molecular formula is C14H15N3O. The molecule has 1 N–H and O–H groups in total. The SMILES string of the molecule is C#C[C@H](C)[C@](O)(Cn1cncn1)c1ccccc1. The highest BCUT2D eigenvalue weighted by Crippen LogP contribution is 2.30. The van der Waals surface area contributed by atoms with Crippen LogP contribution >= 0.6 is 0 Å². The van der Waals surface area contributed by atoms with Crippen molar-refractivity contribution in [2.75, 3.05) is 0 Å². The second kappa shape index (κ2) is 5.03. The maximum absolute atomic E-state index is 10.9. The summed E-state index contributed by atoms with van der Waals surface area (Å²) in [4.78, 5) is 3.87. The van der Waals surface area contributed by atoms with Gasteiger partial charge in [0.1, 0.15) is 18.3 Å². The summed E-state index contributed by atoms with van der Waals surface area (Å²) >= 11 is 0. The van der Waals surface area contributed by atoms with Gasteiger partial charge in [-0.05, 0) is 12.5 Å². The predicted molar refractivity (Wildman–Crippen MR) is 68.4 cm³/mol. The second-order valence-corrected chi connectivity index (χ2v) is 4.27. The van der Waals surface area contributed by atoms with Gasteiger partial charge in [0.15, 0.2) is 0 Å². The monoisotopic (exact) mass is 241 g/mol. The summed E-state index contributed by atoms with van der Waals surface area (Å²) < 4.78 is 1.58. The summed E-state index contributed by atoms with van der Waals surface area (Å²) in [6.07, 6.45) is 8.47. The average molecular weight is 241 g/mol.